The van der Waals surface area contributed by atoms with Crippen LogP contribution < -0.4 is 0 Å². The molecule has 0 N–H and O–H groups in total. The zero-order valence-electron chi connectivity index (χ0n) is 13.3. The number of rotatable bonds is 1. The van der Waals surface area contributed by atoms with Crippen molar-refractivity contribution in [2.75, 3.05) is 0 Å². The lowest BCUT2D eigenvalue weighted by atomic mass is 9.37. The van der Waals surface area contributed by atoms with Crippen molar-refractivity contribution in [1.29, 1.82) is 0 Å². The fourth-order valence-electron chi connectivity index (χ4n) is 6.49. The normalized spacial score (nSPS) is 58.4. The fraction of sp³-hybridized carbons (Fsp3) is 1.00. The second-order valence-corrected chi connectivity index (χ2v) is 9.31. The average Bonchev–Trinajstić information content (AvgIpc) is 2.47. The predicted octanol–water partition coefficient (Wildman–Crippen LogP) is 5.90. The van der Waals surface area contributed by atoms with Gasteiger partial charge in [0, 0.05) is 10.8 Å². The van der Waals surface area contributed by atoms with E-state index in [1.54, 1.807) is 6.92 Å². The van der Waals surface area contributed by atoms with Crippen molar-refractivity contribution in [1.82, 2.24) is 0 Å². The molecule has 0 aromatic heterocycles. The molecular formula is C18H27F3. The second-order valence-electron chi connectivity index (χ2n) is 9.31. The van der Waals surface area contributed by atoms with Crippen LogP contribution in [-0.4, -0.2) is 12.1 Å². The maximum absolute atomic E-state index is 15.1. The zero-order chi connectivity index (χ0) is 15.1. The van der Waals surface area contributed by atoms with E-state index in [2.05, 4.69) is 6.92 Å². The van der Waals surface area contributed by atoms with Crippen LogP contribution in [0.4, 0.5) is 13.2 Å². The molecule has 6 aliphatic carbocycles. The molecule has 0 amide bonds. The summed E-state index contributed by atoms with van der Waals surface area (Å²) in [7, 11) is 0. The molecule has 0 radical (unpaired) electrons. The van der Waals surface area contributed by atoms with Gasteiger partial charge in [0.25, 0.3) is 5.92 Å². The maximum Gasteiger partial charge on any atom is 0.285 e. The largest absolute Gasteiger partial charge is 0.285 e. The standard InChI is InChI=1S/C18H27F3/c1-14-3-8-16(9-4-14,10-5-14)17-11-6-15(2,7-12-17)13(19)18(17,20)21/h13H,3-12H2,1-2H3. The quantitative estimate of drug-likeness (QED) is 0.565. The maximum atomic E-state index is 15.1. The lowest BCUT2D eigenvalue weighted by Crippen LogP contribution is -2.69. The van der Waals surface area contributed by atoms with Crippen LogP contribution in [0.1, 0.15) is 78.1 Å². The van der Waals surface area contributed by atoms with Crippen LogP contribution in [0.3, 0.4) is 0 Å². The van der Waals surface area contributed by atoms with E-state index in [-0.39, 0.29) is 5.41 Å². The number of halogens is 3. The fourth-order valence-corrected chi connectivity index (χ4v) is 6.49. The van der Waals surface area contributed by atoms with E-state index in [9.17, 15) is 4.39 Å². The van der Waals surface area contributed by atoms with Crippen LogP contribution in [-0.2, 0) is 0 Å². The summed E-state index contributed by atoms with van der Waals surface area (Å²) in [5.74, 6) is -3.12. The third-order valence-electron chi connectivity index (χ3n) is 8.45. The molecule has 0 aromatic rings. The molecule has 0 nitrogen and oxygen atoms in total. The van der Waals surface area contributed by atoms with E-state index in [1.807, 2.05) is 0 Å². The van der Waals surface area contributed by atoms with Gasteiger partial charge in [-0.25, -0.2) is 13.2 Å². The highest BCUT2D eigenvalue weighted by atomic mass is 19.3. The van der Waals surface area contributed by atoms with Gasteiger partial charge in [-0.2, -0.15) is 0 Å². The summed E-state index contributed by atoms with van der Waals surface area (Å²) < 4.78 is 45.0. The SMILES string of the molecule is CC12CCC(C34CCC(C)(CC3)C(F)C4(F)F)(CC1)CC2. The van der Waals surface area contributed by atoms with Crippen molar-refractivity contribution in [2.24, 2.45) is 21.7 Å². The summed E-state index contributed by atoms with van der Waals surface area (Å²) in [6.07, 6.45) is 6.40. The summed E-state index contributed by atoms with van der Waals surface area (Å²) in [4.78, 5) is 0. The molecule has 0 aliphatic heterocycles. The Hall–Kier alpha value is -0.210. The molecular weight excluding hydrogens is 273 g/mol. The Labute approximate surface area is 125 Å². The van der Waals surface area contributed by atoms with Crippen LogP contribution in [0, 0.1) is 21.7 Å². The first-order chi connectivity index (χ1) is 9.69. The van der Waals surface area contributed by atoms with Gasteiger partial charge in [-0.3, -0.25) is 0 Å². The van der Waals surface area contributed by atoms with Crippen molar-refractivity contribution in [3.8, 4) is 0 Å². The Kier molecular flexibility index (Phi) is 2.61. The Morgan fingerprint density at radius 1 is 0.714 bits per heavy atom. The van der Waals surface area contributed by atoms with Gasteiger partial charge in [0.05, 0.1) is 0 Å². The van der Waals surface area contributed by atoms with Crippen LogP contribution in [0.15, 0.2) is 0 Å². The van der Waals surface area contributed by atoms with Gasteiger partial charge in [0.1, 0.15) is 0 Å². The van der Waals surface area contributed by atoms with Crippen molar-refractivity contribution < 1.29 is 13.2 Å². The van der Waals surface area contributed by atoms with Crippen molar-refractivity contribution in [3.63, 3.8) is 0 Å². The topological polar surface area (TPSA) is 0 Å². The molecule has 3 heteroatoms. The number of fused-ring (bicyclic) bond motifs is 6. The van der Waals surface area contributed by atoms with Crippen molar-refractivity contribution in [3.05, 3.63) is 0 Å². The first kappa shape index (κ1) is 14.4. The van der Waals surface area contributed by atoms with Crippen LogP contribution >= 0.6 is 0 Å². The molecule has 4 bridgehead atoms. The molecule has 0 spiro atoms. The number of hydrogen-bond acceptors (Lipinski definition) is 0. The molecule has 1 unspecified atom stereocenters. The molecule has 120 valence electrons. The minimum Gasteiger partial charge on any atom is -0.240 e. The summed E-state index contributed by atoms with van der Waals surface area (Å²) in [5.41, 5.74) is -1.72. The Bertz CT molecular complexity index is 435. The highest BCUT2D eigenvalue weighted by Crippen LogP contribution is 2.76. The third kappa shape index (κ3) is 1.49. The van der Waals surface area contributed by atoms with Gasteiger partial charge >= 0.3 is 0 Å². The lowest BCUT2D eigenvalue weighted by Gasteiger charge is -2.68. The zero-order valence-corrected chi connectivity index (χ0v) is 13.3. The summed E-state index contributed by atoms with van der Waals surface area (Å²) >= 11 is 0. The van der Waals surface area contributed by atoms with E-state index in [0.29, 0.717) is 31.1 Å². The summed E-state index contributed by atoms with van der Waals surface area (Å²) in [6.45, 7) is 4.05. The highest BCUT2D eigenvalue weighted by molar-refractivity contribution is 5.20. The Morgan fingerprint density at radius 3 is 1.67 bits per heavy atom. The first-order valence-electron chi connectivity index (χ1n) is 8.71. The summed E-state index contributed by atoms with van der Waals surface area (Å²) in [6, 6.07) is 0. The molecule has 6 fully saturated rings. The van der Waals surface area contributed by atoms with E-state index >= 15 is 8.78 Å². The molecule has 21 heavy (non-hydrogen) atoms. The van der Waals surface area contributed by atoms with E-state index in [0.717, 1.165) is 38.5 Å². The minimum atomic E-state index is -3.12. The minimum absolute atomic E-state index is 0.277. The molecule has 0 heterocycles. The molecule has 0 aromatic carbocycles. The van der Waals surface area contributed by atoms with Crippen molar-refractivity contribution >= 4 is 0 Å². The molecule has 0 saturated heterocycles. The van der Waals surface area contributed by atoms with Gasteiger partial charge in [0.2, 0.25) is 0 Å². The molecule has 1 atom stereocenters. The van der Waals surface area contributed by atoms with Gasteiger partial charge in [0.15, 0.2) is 6.17 Å². The lowest BCUT2D eigenvalue weighted by molar-refractivity contribution is -0.317. The predicted molar refractivity (Wildman–Crippen MR) is 77.1 cm³/mol. The Balaban J connectivity index is 1.77. The third-order valence-corrected chi connectivity index (χ3v) is 8.45. The molecule has 6 saturated carbocycles. The number of hydrogen-bond donors (Lipinski definition) is 0. The Morgan fingerprint density at radius 2 is 1.19 bits per heavy atom. The van der Waals surface area contributed by atoms with Crippen LogP contribution in [0.5, 0.6) is 0 Å². The van der Waals surface area contributed by atoms with Gasteiger partial charge < -0.3 is 0 Å². The average molecular weight is 300 g/mol. The van der Waals surface area contributed by atoms with Gasteiger partial charge in [-0.1, -0.05) is 13.8 Å². The smallest absolute Gasteiger partial charge is 0.240 e. The summed E-state index contributed by atoms with van der Waals surface area (Å²) in [5, 5.41) is 0. The van der Waals surface area contributed by atoms with Gasteiger partial charge in [-0.15, -0.1) is 0 Å². The second kappa shape index (κ2) is 3.82. The molecule has 6 rings (SSSR count). The number of alkyl halides is 3. The highest BCUT2D eigenvalue weighted by Gasteiger charge is 2.76. The van der Waals surface area contributed by atoms with Crippen molar-refractivity contribution in [2.45, 2.75) is 90.1 Å². The van der Waals surface area contributed by atoms with E-state index in [4.69, 9.17) is 0 Å². The van der Waals surface area contributed by atoms with Crippen LogP contribution in [0.2, 0.25) is 0 Å². The van der Waals surface area contributed by atoms with E-state index in [1.165, 1.54) is 0 Å². The van der Waals surface area contributed by atoms with Gasteiger partial charge in [-0.05, 0) is 75.0 Å². The van der Waals surface area contributed by atoms with Crippen LogP contribution in [0.25, 0.3) is 0 Å². The first-order valence-corrected chi connectivity index (χ1v) is 8.71. The van der Waals surface area contributed by atoms with E-state index < -0.39 is 22.9 Å². The molecule has 6 aliphatic rings. The monoisotopic (exact) mass is 300 g/mol.